The zero-order valence-electron chi connectivity index (χ0n) is 9.58. The van der Waals surface area contributed by atoms with E-state index in [4.69, 9.17) is 4.74 Å². The number of amides is 1. The van der Waals surface area contributed by atoms with Crippen molar-refractivity contribution in [1.82, 2.24) is 5.32 Å². The average Bonchev–Trinajstić information content (AvgIpc) is 2.77. The standard InChI is InChI=1S/C12H16BrNO2S/c13-10-5-8-17-11(10)12(15)14-6-4-9-3-1-2-7-16-9/h5,8-9H,1-4,6-7H2,(H,14,15). The van der Waals surface area contributed by atoms with Gasteiger partial charge in [-0.15, -0.1) is 11.3 Å². The molecule has 0 aliphatic carbocycles. The van der Waals surface area contributed by atoms with Crippen LogP contribution in [0.4, 0.5) is 0 Å². The fourth-order valence-corrected chi connectivity index (χ4v) is 3.39. The predicted octanol–water partition coefficient (Wildman–Crippen LogP) is 3.20. The van der Waals surface area contributed by atoms with Gasteiger partial charge in [-0.25, -0.2) is 0 Å². The van der Waals surface area contributed by atoms with Gasteiger partial charge in [-0.3, -0.25) is 4.79 Å². The van der Waals surface area contributed by atoms with E-state index in [1.54, 1.807) is 0 Å². The van der Waals surface area contributed by atoms with Crippen molar-refractivity contribution in [2.45, 2.75) is 31.8 Å². The zero-order chi connectivity index (χ0) is 12.1. The molecule has 1 aromatic rings. The lowest BCUT2D eigenvalue weighted by molar-refractivity contribution is 0.0117. The molecule has 0 radical (unpaired) electrons. The van der Waals surface area contributed by atoms with E-state index in [0.717, 1.165) is 28.8 Å². The Morgan fingerprint density at radius 3 is 3.12 bits per heavy atom. The molecule has 1 saturated heterocycles. The van der Waals surface area contributed by atoms with Gasteiger partial charge in [0.25, 0.3) is 5.91 Å². The second-order valence-electron chi connectivity index (χ2n) is 4.13. The molecular weight excluding hydrogens is 302 g/mol. The second kappa shape index (κ2) is 6.52. The van der Waals surface area contributed by atoms with Crippen LogP contribution in [0.25, 0.3) is 0 Å². The Hall–Kier alpha value is -0.390. The van der Waals surface area contributed by atoms with Gasteiger partial charge in [-0.2, -0.15) is 0 Å². The Morgan fingerprint density at radius 1 is 1.59 bits per heavy atom. The van der Waals surface area contributed by atoms with Crippen molar-refractivity contribution >= 4 is 33.2 Å². The SMILES string of the molecule is O=C(NCCC1CCCCO1)c1sccc1Br. The number of rotatable bonds is 4. The highest BCUT2D eigenvalue weighted by Gasteiger charge is 2.15. The number of carbonyl (C=O) groups excluding carboxylic acids is 1. The summed E-state index contributed by atoms with van der Waals surface area (Å²) in [6, 6.07) is 1.89. The summed E-state index contributed by atoms with van der Waals surface area (Å²) in [5, 5.41) is 4.84. The lowest BCUT2D eigenvalue weighted by Gasteiger charge is -2.22. The van der Waals surface area contributed by atoms with Crippen molar-refractivity contribution in [2.24, 2.45) is 0 Å². The summed E-state index contributed by atoms with van der Waals surface area (Å²) < 4.78 is 6.49. The van der Waals surface area contributed by atoms with Crippen molar-refractivity contribution in [3.05, 3.63) is 20.8 Å². The third kappa shape index (κ3) is 3.79. The highest BCUT2D eigenvalue weighted by Crippen LogP contribution is 2.22. The summed E-state index contributed by atoms with van der Waals surface area (Å²) in [5.74, 6) is 0.00249. The summed E-state index contributed by atoms with van der Waals surface area (Å²) in [5.41, 5.74) is 0. The van der Waals surface area contributed by atoms with Gasteiger partial charge in [0.05, 0.1) is 6.10 Å². The van der Waals surface area contributed by atoms with Crippen LogP contribution >= 0.6 is 27.3 Å². The molecular formula is C12H16BrNO2S. The summed E-state index contributed by atoms with van der Waals surface area (Å²) >= 11 is 4.81. The topological polar surface area (TPSA) is 38.3 Å². The van der Waals surface area contributed by atoms with Crippen LogP contribution in [-0.2, 0) is 4.74 Å². The smallest absolute Gasteiger partial charge is 0.262 e. The Kier molecular flexibility index (Phi) is 5.00. The monoisotopic (exact) mass is 317 g/mol. The van der Waals surface area contributed by atoms with E-state index < -0.39 is 0 Å². The molecule has 0 spiro atoms. The molecule has 0 saturated carbocycles. The Balaban J connectivity index is 1.71. The van der Waals surface area contributed by atoms with Crippen LogP contribution in [0.15, 0.2) is 15.9 Å². The normalized spacial score (nSPS) is 20.2. The van der Waals surface area contributed by atoms with Crippen molar-refractivity contribution in [3.8, 4) is 0 Å². The molecule has 0 bridgehead atoms. The largest absolute Gasteiger partial charge is 0.378 e. The van der Waals surface area contributed by atoms with Gasteiger partial charge in [0.15, 0.2) is 0 Å². The number of ether oxygens (including phenoxy) is 1. The van der Waals surface area contributed by atoms with Crippen LogP contribution in [-0.4, -0.2) is 25.2 Å². The van der Waals surface area contributed by atoms with Crippen LogP contribution in [0.5, 0.6) is 0 Å². The number of hydrogen-bond donors (Lipinski definition) is 1. The molecule has 94 valence electrons. The average molecular weight is 318 g/mol. The van der Waals surface area contributed by atoms with Gasteiger partial charge in [0.2, 0.25) is 0 Å². The van der Waals surface area contributed by atoms with E-state index in [2.05, 4.69) is 21.2 Å². The molecule has 1 aliphatic heterocycles. The number of thiophene rings is 1. The number of nitrogens with one attached hydrogen (secondary N) is 1. The van der Waals surface area contributed by atoms with Crippen LogP contribution in [0.3, 0.4) is 0 Å². The minimum atomic E-state index is 0.00249. The third-order valence-corrected chi connectivity index (χ3v) is 4.69. The maximum absolute atomic E-state index is 11.8. The van der Waals surface area contributed by atoms with Gasteiger partial charge in [-0.1, -0.05) is 0 Å². The molecule has 2 heterocycles. The Morgan fingerprint density at radius 2 is 2.47 bits per heavy atom. The van der Waals surface area contributed by atoms with Crippen LogP contribution in [0.2, 0.25) is 0 Å². The first-order chi connectivity index (χ1) is 8.27. The Labute approximate surface area is 114 Å². The van der Waals surface area contributed by atoms with E-state index >= 15 is 0 Å². The van der Waals surface area contributed by atoms with E-state index in [1.165, 1.54) is 24.2 Å². The molecule has 5 heteroatoms. The highest BCUT2D eigenvalue weighted by molar-refractivity contribution is 9.10. The van der Waals surface area contributed by atoms with E-state index in [1.807, 2.05) is 11.4 Å². The molecule has 3 nitrogen and oxygen atoms in total. The lowest BCUT2D eigenvalue weighted by Crippen LogP contribution is -2.29. The minimum absolute atomic E-state index is 0.00249. The second-order valence-corrected chi connectivity index (χ2v) is 5.90. The summed E-state index contributed by atoms with van der Waals surface area (Å²) in [6.07, 6.45) is 4.78. The molecule has 1 aromatic heterocycles. The molecule has 1 aliphatic rings. The first kappa shape index (κ1) is 13.1. The molecule has 1 amide bonds. The van der Waals surface area contributed by atoms with Gasteiger partial charge in [0.1, 0.15) is 4.88 Å². The summed E-state index contributed by atoms with van der Waals surface area (Å²) in [6.45, 7) is 1.56. The lowest BCUT2D eigenvalue weighted by atomic mass is 10.1. The van der Waals surface area contributed by atoms with Crippen molar-refractivity contribution < 1.29 is 9.53 Å². The highest BCUT2D eigenvalue weighted by atomic mass is 79.9. The maximum Gasteiger partial charge on any atom is 0.262 e. The third-order valence-electron chi connectivity index (χ3n) is 2.85. The van der Waals surface area contributed by atoms with E-state index in [9.17, 15) is 4.79 Å². The first-order valence-electron chi connectivity index (χ1n) is 5.90. The van der Waals surface area contributed by atoms with Gasteiger partial charge in [0, 0.05) is 17.6 Å². The summed E-state index contributed by atoms with van der Waals surface area (Å²) in [4.78, 5) is 12.5. The van der Waals surface area contributed by atoms with Gasteiger partial charge >= 0.3 is 0 Å². The molecule has 1 N–H and O–H groups in total. The molecule has 2 rings (SSSR count). The molecule has 1 unspecified atom stereocenters. The number of hydrogen-bond acceptors (Lipinski definition) is 3. The predicted molar refractivity (Wildman–Crippen MR) is 72.6 cm³/mol. The fourth-order valence-electron chi connectivity index (χ4n) is 1.92. The van der Waals surface area contributed by atoms with E-state index in [0.29, 0.717) is 12.6 Å². The summed E-state index contributed by atoms with van der Waals surface area (Å²) in [7, 11) is 0. The van der Waals surface area contributed by atoms with Gasteiger partial charge < -0.3 is 10.1 Å². The molecule has 17 heavy (non-hydrogen) atoms. The van der Waals surface area contributed by atoms with Crippen molar-refractivity contribution in [3.63, 3.8) is 0 Å². The van der Waals surface area contributed by atoms with Gasteiger partial charge in [-0.05, 0) is 53.1 Å². The molecule has 0 aromatic carbocycles. The maximum atomic E-state index is 11.8. The molecule has 1 fully saturated rings. The van der Waals surface area contributed by atoms with Crippen LogP contribution < -0.4 is 5.32 Å². The molecule has 1 atom stereocenters. The van der Waals surface area contributed by atoms with Crippen LogP contribution in [0.1, 0.15) is 35.4 Å². The zero-order valence-corrected chi connectivity index (χ0v) is 12.0. The first-order valence-corrected chi connectivity index (χ1v) is 7.57. The van der Waals surface area contributed by atoms with Crippen molar-refractivity contribution in [1.29, 1.82) is 0 Å². The number of carbonyl (C=O) groups is 1. The Bertz CT molecular complexity index is 374. The minimum Gasteiger partial charge on any atom is -0.378 e. The van der Waals surface area contributed by atoms with Crippen molar-refractivity contribution in [2.75, 3.05) is 13.2 Å². The quantitative estimate of drug-likeness (QED) is 0.926. The van der Waals surface area contributed by atoms with Crippen LogP contribution in [0, 0.1) is 0 Å². The fraction of sp³-hybridized carbons (Fsp3) is 0.583. The number of halogens is 1. The van der Waals surface area contributed by atoms with E-state index in [-0.39, 0.29) is 5.91 Å².